The monoisotopic (exact) mass is 210 g/mol. The van der Waals surface area contributed by atoms with Crippen molar-refractivity contribution in [3.63, 3.8) is 0 Å². The minimum Gasteiger partial charge on any atom is -0.220 e. The van der Waals surface area contributed by atoms with E-state index in [9.17, 15) is 8.78 Å². The van der Waals surface area contributed by atoms with Gasteiger partial charge in [0.1, 0.15) is 0 Å². The Morgan fingerprint density at radius 3 is 2.47 bits per heavy atom. The van der Waals surface area contributed by atoms with Crippen LogP contribution >= 0.6 is 0 Å². The van der Waals surface area contributed by atoms with Crippen molar-refractivity contribution in [3.05, 3.63) is 41.7 Å². The van der Waals surface area contributed by atoms with Crippen molar-refractivity contribution >= 4 is 0 Å². The first-order valence-electron chi connectivity index (χ1n) is 4.87. The van der Waals surface area contributed by atoms with Crippen LogP contribution in [0.25, 0.3) is 5.69 Å². The molecule has 2 aromatic rings. The number of hydrogen-bond donors (Lipinski definition) is 0. The maximum Gasteiger partial charge on any atom is 0.263 e. The fraction of sp³-hybridized carbons (Fsp3) is 0.200. The number of rotatable bonds is 2. The highest BCUT2D eigenvalue weighted by molar-refractivity contribution is 5.34. The highest BCUT2D eigenvalue weighted by atomic mass is 19.3. The fourth-order valence-corrected chi connectivity index (χ4v) is 1.19. The Hall–Kier alpha value is -1.78. The van der Waals surface area contributed by atoms with Crippen molar-refractivity contribution in [3.8, 4) is 5.69 Å². The molecule has 1 aromatic carbocycles. The van der Waals surface area contributed by atoms with Gasteiger partial charge < -0.3 is 0 Å². The minimum absolute atomic E-state index is 0.0490. The average molecular weight is 210 g/mol. The Kier molecular flexibility index (Phi) is 2.14. The number of benzene rings is 1. The second kappa shape index (κ2) is 3.76. The van der Waals surface area contributed by atoms with E-state index in [-0.39, 0.29) is 11.7 Å². The lowest BCUT2D eigenvalue weighted by atomic mass is 10.2. The molecule has 0 bridgehead atoms. The number of aryl methyl sites for hydroxylation is 1. The van der Waals surface area contributed by atoms with Crippen LogP contribution in [0.15, 0.2) is 30.4 Å². The molecule has 0 atom stereocenters. The van der Waals surface area contributed by atoms with E-state index in [1.54, 1.807) is 6.92 Å². The summed E-state index contributed by atoms with van der Waals surface area (Å²) in [5, 5.41) is 7.48. The molecule has 0 saturated heterocycles. The molecule has 0 saturated carbocycles. The van der Waals surface area contributed by atoms with Crippen LogP contribution in [0.1, 0.15) is 19.1 Å². The Bertz CT molecular complexity index is 493. The van der Waals surface area contributed by atoms with E-state index in [4.69, 9.17) is 1.37 Å². The van der Waals surface area contributed by atoms with Gasteiger partial charge in [0, 0.05) is 5.56 Å². The zero-order valence-corrected chi connectivity index (χ0v) is 7.98. The summed E-state index contributed by atoms with van der Waals surface area (Å²) in [5.41, 5.74) is 1.00. The molecular formula is C10H9F2N3. The van der Waals surface area contributed by atoms with Gasteiger partial charge >= 0.3 is 0 Å². The van der Waals surface area contributed by atoms with Crippen molar-refractivity contribution in [2.45, 2.75) is 13.3 Å². The molecule has 0 radical (unpaired) electrons. The number of hydrogen-bond acceptors (Lipinski definition) is 2. The fourth-order valence-electron chi connectivity index (χ4n) is 1.19. The van der Waals surface area contributed by atoms with Gasteiger partial charge in [0.25, 0.3) is 6.43 Å². The second-order valence-corrected chi connectivity index (χ2v) is 3.09. The normalized spacial score (nSPS) is 11.9. The number of aromatic nitrogens is 3. The summed E-state index contributed by atoms with van der Waals surface area (Å²) in [6, 6.07) is 5.62. The van der Waals surface area contributed by atoms with Crippen LogP contribution in [-0.2, 0) is 0 Å². The number of halogens is 2. The largest absolute Gasteiger partial charge is 0.263 e. The third kappa shape index (κ3) is 2.01. The molecule has 5 heteroatoms. The average Bonchev–Trinajstić information content (AvgIpc) is 2.60. The molecule has 78 valence electrons. The maximum atomic E-state index is 12.3. The van der Waals surface area contributed by atoms with Gasteiger partial charge in [-0.25, -0.2) is 13.5 Å². The Morgan fingerprint density at radius 1 is 1.33 bits per heavy atom. The van der Waals surface area contributed by atoms with E-state index >= 15 is 0 Å². The molecule has 0 aliphatic carbocycles. The predicted octanol–water partition coefficient (Wildman–Crippen LogP) is 2.51. The quantitative estimate of drug-likeness (QED) is 0.762. The molecular weight excluding hydrogens is 200 g/mol. The molecule has 0 aliphatic heterocycles. The first-order chi connectivity index (χ1) is 7.59. The second-order valence-electron chi connectivity index (χ2n) is 3.09. The zero-order chi connectivity index (χ0) is 11.7. The third-order valence-corrected chi connectivity index (χ3v) is 1.94. The molecule has 0 N–H and O–H groups in total. The van der Waals surface area contributed by atoms with E-state index < -0.39 is 6.43 Å². The Balaban J connectivity index is 2.38. The standard InChI is InChI=1S/C10H9F2N3/c1-7-6-15(14-13-7)9-4-2-8(3-5-9)10(11)12/h2-6,10H,1H3/i6D. The van der Waals surface area contributed by atoms with Gasteiger partial charge in [-0.15, -0.1) is 5.10 Å². The lowest BCUT2D eigenvalue weighted by Gasteiger charge is -2.02. The van der Waals surface area contributed by atoms with Gasteiger partial charge in [-0.2, -0.15) is 0 Å². The first kappa shape index (κ1) is 8.52. The highest BCUT2D eigenvalue weighted by Crippen LogP contribution is 2.19. The van der Waals surface area contributed by atoms with Gasteiger partial charge in [0.2, 0.25) is 0 Å². The summed E-state index contributed by atoms with van der Waals surface area (Å²) in [6.07, 6.45) is -2.33. The summed E-state index contributed by atoms with van der Waals surface area (Å²) in [7, 11) is 0. The molecule has 15 heavy (non-hydrogen) atoms. The molecule has 0 unspecified atom stereocenters. The molecule has 0 aliphatic rings. The van der Waals surface area contributed by atoms with E-state index in [1.165, 1.54) is 28.9 Å². The van der Waals surface area contributed by atoms with Crippen LogP contribution < -0.4 is 0 Å². The minimum atomic E-state index is -2.48. The third-order valence-electron chi connectivity index (χ3n) is 1.94. The van der Waals surface area contributed by atoms with Gasteiger partial charge in [-0.3, -0.25) is 0 Å². The summed E-state index contributed by atoms with van der Waals surface area (Å²) < 4.78 is 33.6. The molecule has 1 heterocycles. The van der Waals surface area contributed by atoms with Gasteiger partial charge in [0.05, 0.1) is 18.9 Å². The summed E-state index contributed by atoms with van der Waals surface area (Å²) in [6.45, 7) is 1.67. The van der Waals surface area contributed by atoms with Crippen LogP contribution in [0.4, 0.5) is 8.78 Å². The highest BCUT2D eigenvalue weighted by Gasteiger charge is 2.06. The molecule has 1 aromatic heterocycles. The summed E-state index contributed by atoms with van der Waals surface area (Å²) >= 11 is 0. The molecule has 0 spiro atoms. The van der Waals surface area contributed by atoms with Crippen LogP contribution in [0.3, 0.4) is 0 Å². The van der Waals surface area contributed by atoms with E-state index in [1.807, 2.05) is 0 Å². The predicted molar refractivity (Wildman–Crippen MR) is 51.1 cm³/mol. The van der Waals surface area contributed by atoms with E-state index in [2.05, 4.69) is 10.3 Å². The van der Waals surface area contributed by atoms with Crippen molar-refractivity contribution in [2.75, 3.05) is 0 Å². The molecule has 3 nitrogen and oxygen atoms in total. The topological polar surface area (TPSA) is 30.7 Å². The van der Waals surface area contributed by atoms with Crippen molar-refractivity contribution in [1.82, 2.24) is 15.0 Å². The molecule has 0 amide bonds. The van der Waals surface area contributed by atoms with Crippen LogP contribution in [0, 0.1) is 6.92 Å². The van der Waals surface area contributed by atoms with Crippen LogP contribution in [0.2, 0.25) is 0 Å². The maximum absolute atomic E-state index is 12.3. The Morgan fingerprint density at radius 2 is 2.00 bits per heavy atom. The summed E-state index contributed by atoms with van der Waals surface area (Å²) in [4.78, 5) is 0. The van der Waals surface area contributed by atoms with Gasteiger partial charge in [0.15, 0.2) is 0 Å². The van der Waals surface area contributed by atoms with E-state index in [0.29, 0.717) is 11.4 Å². The SMILES string of the molecule is [2H]c1c(C)nnn1-c1ccc(C(F)F)cc1. The van der Waals surface area contributed by atoms with Gasteiger partial charge in [-0.05, 0) is 19.1 Å². The van der Waals surface area contributed by atoms with E-state index in [0.717, 1.165) is 0 Å². The smallest absolute Gasteiger partial charge is 0.220 e. The lowest BCUT2D eigenvalue weighted by Crippen LogP contribution is -1.95. The van der Waals surface area contributed by atoms with Crippen LogP contribution in [0.5, 0.6) is 0 Å². The zero-order valence-electron chi connectivity index (χ0n) is 8.98. The Labute approximate surface area is 86.7 Å². The molecule has 2 rings (SSSR count). The van der Waals surface area contributed by atoms with Crippen LogP contribution in [-0.4, -0.2) is 15.0 Å². The van der Waals surface area contributed by atoms with Crippen molar-refractivity contribution in [1.29, 1.82) is 0 Å². The molecule has 0 fully saturated rings. The van der Waals surface area contributed by atoms with Crippen molar-refractivity contribution in [2.24, 2.45) is 0 Å². The number of nitrogens with zero attached hydrogens (tertiary/aromatic N) is 3. The lowest BCUT2D eigenvalue weighted by molar-refractivity contribution is 0.151. The number of alkyl halides is 2. The first-order valence-corrected chi connectivity index (χ1v) is 4.37. The summed E-state index contributed by atoms with van der Waals surface area (Å²) in [5.74, 6) is 0. The van der Waals surface area contributed by atoms with Gasteiger partial charge in [-0.1, -0.05) is 17.3 Å². The van der Waals surface area contributed by atoms with Crippen molar-refractivity contribution < 1.29 is 10.2 Å².